The molecule has 6 heavy (non-hydrogen) atoms. The molecule has 0 saturated carbocycles. The van der Waals surface area contributed by atoms with Crippen LogP contribution in [0.4, 0.5) is 0 Å². The second-order valence-corrected chi connectivity index (χ2v) is 1.54. The van der Waals surface area contributed by atoms with Gasteiger partial charge in [0.05, 0.1) is 0 Å². The summed E-state index contributed by atoms with van der Waals surface area (Å²) in [6.45, 7) is 0. The molecule has 0 saturated heterocycles. The molecular weight excluding hydrogens is 217 g/mol. The van der Waals surface area contributed by atoms with Crippen LogP contribution < -0.4 is 0 Å². The molecule has 0 aromatic carbocycles. The predicted molar refractivity (Wildman–Crippen MR) is 24.2 cm³/mol. The fourth-order valence-corrected chi connectivity index (χ4v) is 0. The average Bonchev–Trinajstić information content (AvgIpc) is 0.722. The zero-order chi connectivity index (χ0) is 4.50. The molecule has 0 aromatic rings. The van der Waals surface area contributed by atoms with Crippen LogP contribution in [0.15, 0.2) is 0 Å². The van der Waals surface area contributed by atoms with Crippen molar-refractivity contribution in [2.45, 2.75) is 0 Å². The van der Waals surface area contributed by atoms with E-state index in [0.717, 1.165) is 0 Å². The normalized spacial score (nSPS) is 9.83. The first-order valence-electron chi connectivity index (χ1n) is 0.783. The molecule has 0 amide bonds. The Kier molecular flexibility index (Phi) is 5.01. The van der Waals surface area contributed by atoms with Gasteiger partial charge in [-0.3, -0.25) is 0 Å². The first kappa shape index (κ1) is 10.0. The van der Waals surface area contributed by atoms with Crippen LogP contribution in [0.1, 0.15) is 0 Å². The summed E-state index contributed by atoms with van der Waals surface area (Å²) in [5.74, 6) is 0. The van der Waals surface area contributed by atoms with Crippen LogP contribution >= 0.6 is 7.82 Å². The summed E-state index contributed by atoms with van der Waals surface area (Å²) in [5.41, 5.74) is 0. The van der Waals surface area contributed by atoms with Gasteiger partial charge in [-0.15, -0.1) is 0 Å². The Morgan fingerprint density at radius 1 is 1.17 bits per heavy atom. The third-order valence-corrected chi connectivity index (χ3v) is 0. The molecule has 0 heterocycles. The van der Waals surface area contributed by atoms with Crippen molar-refractivity contribution in [3.05, 3.63) is 0 Å². The molecule has 0 bridgehead atoms. The molecule has 40 valence electrons. The fraction of sp³-hybridized carbons (Fsp3) is 0. The van der Waals surface area contributed by atoms with Gasteiger partial charge in [-0.1, -0.05) is 0 Å². The maximum atomic E-state index is 8.88. The van der Waals surface area contributed by atoms with Crippen LogP contribution in [0.3, 0.4) is 0 Å². The van der Waals surface area contributed by atoms with Gasteiger partial charge in [0.1, 0.15) is 0 Å². The Hall–Kier alpha value is 0.928. The third kappa shape index (κ3) is 88.3. The number of phosphoric acid groups is 1. The standard InChI is InChI=1S/H3O4P.Sb.3H/c1-5(2,3)4;;;;/h(H3,1,2,3,4);;;;. The first-order valence-corrected chi connectivity index (χ1v) is 2.35. The number of hydrogen-bond donors (Lipinski definition) is 3. The second-order valence-electron chi connectivity index (χ2n) is 0.513. The van der Waals surface area contributed by atoms with Crippen molar-refractivity contribution >= 4 is 32.3 Å². The monoisotopic (exact) mass is 222 g/mol. The van der Waals surface area contributed by atoms with Crippen molar-refractivity contribution in [3.63, 3.8) is 0 Å². The quantitative estimate of drug-likeness (QED) is 0.324. The molecule has 3 N–H and O–H groups in total. The Morgan fingerprint density at radius 2 is 1.17 bits per heavy atom. The van der Waals surface area contributed by atoms with Crippen molar-refractivity contribution < 1.29 is 19.2 Å². The molecule has 6 heteroatoms. The summed E-state index contributed by atoms with van der Waals surface area (Å²) >= 11 is 0. The van der Waals surface area contributed by atoms with Crippen LogP contribution in [-0.4, -0.2) is 39.1 Å². The van der Waals surface area contributed by atoms with Crippen molar-refractivity contribution in [3.8, 4) is 0 Å². The van der Waals surface area contributed by atoms with Crippen molar-refractivity contribution in [1.29, 1.82) is 0 Å². The molecule has 0 radical (unpaired) electrons. The summed E-state index contributed by atoms with van der Waals surface area (Å²) in [6.07, 6.45) is 0. The van der Waals surface area contributed by atoms with E-state index in [0.29, 0.717) is 0 Å². The van der Waals surface area contributed by atoms with Gasteiger partial charge in [0.25, 0.3) is 0 Å². The summed E-state index contributed by atoms with van der Waals surface area (Å²) < 4.78 is 8.88. The topological polar surface area (TPSA) is 77.8 Å². The molecule has 0 aliphatic heterocycles. The summed E-state index contributed by atoms with van der Waals surface area (Å²) in [6, 6.07) is 0. The van der Waals surface area contributed by atoms with Crippen molar-refractivity contribution in [1.82, 2.24) is 0 Å². The Balaban J connectivity index is 0. The number of rotatable bonds is 0. The molecule has 0 atom stereocenters. The van der Waals surface area contributed by atoms with Crippen molar-refractivity contribution in [2.75, 3.05) is 0 Å². The van der Waals surface area contributed by atoms with Gasteiger partial charge in [-0.05, 0) is 0 Å². The molecule has 0 aromatic heterocycles. The third-order valence-electron chi connectivity index (χ3n) is 0. The van der Waals surface area contributed by atoms with Gasteiger partial charge in [-0.2, -0.15) is 0 Å². The van der Waals surface area contributed by atoms with Crippen LogP contribution in [0.25, 0.3) is 0 Å². The van der Waals surface area contributed by atoms with Gasteiger partial charge in [0, 0.05) is 0 Å². The molecule has 0 rings (SSSR count). The van der Waals surface area contributed by atoms with E-state index in [-0.39, 0.29) is 24.4 Å². The van der Waals surface area contributed by atoms with Crippen LogP contribution in [0, 0.1) is 0 Å². The van der Waals surface area contributed by atoms with E-state index in [4.69, 9.17) is 19.2 Å². The second kappa shape index (κ2) is 3.00. The van der Waals surface area contributed by atoms with E-state index in [9.17, 15) is 0 Å². The van der Waals surface area contributed by atoms with Crippen LogP contribution in [0.5, 0.6) is 0 Å². The van der Waals surface area contributed by atoms with Gasteiger partial charge in [-0.25, -0.2) is 4.57 Å². The number of hydrogen-bond acceptors (Lipinski definition) is 1. The molecule has 0 fully saturated rings. The average molecular weight is 223 g/mol. The van der Waals surface area contributed by atoms with Crippen LogP contribution in [0.2, 0.25) is 0 Å². The molecule has 0 unspecified atom stereocenters. The van der Waals surface area contributed by atoms with E-state index in [2.05, 4.69) is 0 Å². The van der Waals surface area contributed by atoms with E-state index in [1.54, 1.807) is 0 Å². The zero-order valence-corrected chi connectivity index (χ0v) is 7.83. The van der Waals surface area contributed by atoms with Gasteiger partial charge < -0.3 is 14.7 Å². The molecule has 0 spiro atoms. The Bertz CT molecular complexity index is 53.7. The van der Waals surface area contributed by atoms with Gasteiger partial charge in [0.15, 0.2) is 0 Å². The van der Waals surface area contributed by atoms with E-state index < -0.39 is 7.82 Å². The minimum atomic E-state index is -4.64. The molecule has 4 nitrogen and oxygen atoms in total. The molecule has 0 aliphatic carbocycles. The maximum absolute atomic E-state index is 8.88. The Labute approximate surface area is 51.9 Å². The van der Waals surface area contributed by atoms with Gasteiger partial charge >= 0.3 is 32.3 Å². The van der Waals surface area contributed by atoms with E-state index in [1.165, 1.54) is 0 Å². The molecule has 0 aliphatic rings. The summed E-state index contributed by atoms with van der Waals surface area (Å²) in [4.78, 5) is 21.6. The zero-order valence-electron chi connectivity index (χ0n) is 2.90. The molecular formula is H6O4PSb. The predicted octanol–water partition coefficient (Wildman–Crippen LogP) is -2.11. The van der Waals surface area contributed by atoms with E-state index in [1.807, 2.05) is 0 Å². The van der Waals surface area contributed by atoms with Crippen LogP contribution in [-0.2, 0) is 4.57 Å². The Morgan fingerprint density at radius 3 is 1.17 bits per heavy atom. The first-order chi connectivity index (χ1) is 2.00. The minimum absolute atomic E-state index is 0. The van der Waals surface area contributed by atoms with Crippen molar-refractivity contribution in [2.24, 2.45) is 0 Å². The summed E-state index contributed by atoms with van der Waals surface area (Å²) in [5, 5.41) is 0. The van der Waals surface area contributed by atoms with E-state index >= 15 is 0 Å². The van der Waals surface area contributed by atoms with Gasteiger partial charge in [0.2, 0.25) is 0 Å². The summed E-state index contributed by atoms with van der Waals surface area (Å²) in [7, 11) is -4.64. The SMILES string of the molecule is O=P(O)(O)O.[SbH3]. The fourth-order valence-electron chi connectivity index (χ4n) is 0.